The summed E-state index contributed by atoms with van der Waals surface area (Å²) in [6.07, 6.45) is 3.07. The lowest BCUT2D eigenvalue weighted by Crippen LogP contribution is -1.98. The van der Waals surface area contributed by atoms with Crippen LogP contribution in [0.3, 0.4) is 0 Å². The third kappa shape index (κ3) is 2.26. The van der Waals surface area contributed by atoms with Crippen molar-refractivity contribution in [2.45, 2.75) is 0 Å². The van der Waals surface area contributed by atoms with Gasteiger partial charge in [0.25, 0.3) is 0 Å². The molecule has 0 spiro atoms. The predicted molar refractivity (Wildman–Crippen MR) is 55.4 cm³/mol. The quantitative estimate of drug-likeness (QED) is 0.804. The number of imidazole rings is 1. The Morgan fingerprint density at radius 2 is 2.31 bits per heavy atom. The van der Waals surface area contributed by atoms with Crippen LogP contribution in [0.25, 0.3) is 11.4 Å². The van der Waals surface area contributed by atoms with E-state index < -0.39 is 17.2 Å². The third-order valence-electron chi connectivity index (χ3n) is 1.86. The maximum absolute atomic E-state index is 13.5. The number of nitrogens with zero attached hydrogens (tertiary/aromatic N) is 1. The van der Waals surface area contributed by atoms with Gasteiger partial charge >= 0.3 is 11.4 Å². The van der Waals surface area contributed by atoms with Crippen LogP contribution in [0.4, 0.5) is 4.39 Å². The van der Waals surface area contributed by atoms with Gasteiger partial charge in [-0.2, -0.15) is 4.21 Å². The second-order valence-corrected chi connectivity index (χ2v) is 3.48. The highest BCUT2D eigenvalue weighted by Gasteiger charge is 2.09. The molecule has 1 aromatic carbocycles. The highest BCUT2D eigenvalue weighted by molar-refractivity contribution is 7.74. The smallest absolute Gasteiger partial charge is 0.357 e. The second kappa shape index (κ2) is 4.42. The number of rotatable bonds is 3. The zero-order valence-corrected chi connectivity index (χ0v) is 8.70. The molecule has 16 heavy (non-hydrogen) atoms. The van der Waals surface area contributed by atoms with Crippen LogP contribution in [0.15, 0.2) is 30.6 Å². The van der Waals surface area contributed by atoms with Crippen LogP contribution < -0.4 is 4.18 Å². The molecule has 1 unspecified atom stereocenters. The molecule has 2 rings (SSSR count). The van der Waals surface area contributed by atoms with Crippen molar-refractivity contribution < 1.29 is 17.3 Å². The Balaban J connectivity index is 2.34. The molecular formula is C9H7FN2O3S. The molecule has 0 saturated carbocycles. The number of halogens is 1. The Hall–Kier alpha value is -1.73. The summed E-state index contributed by atoms with van der Waals surface area (Å²) in [4.78, 5) is 6.65. The normalized spacial score (nSPS) is 12.4. The molecule has 2 aromatic rings. The largest absolute Gasteiger partial charge is 0.380 e. The lowest BCUT2D eigenvalue weighted by Gasteiger charge is -2.03. The third-order valence-corrected chi connectivity index (χ3v) is 2.20. The van der Waals surface area contributed by atoms with Gasteiger partial charge in [-0.3, -0.25) is 4.55 Å². The van der Waals surface area contributed by atoms with Gasteiger partial charge in [0.05, 0.1) is 5.56 Å². The minimum Gasteiger partial charge on any atom is -0.380 e. The Labute approximate surface area is 92.8 Å². The molecule has 0 radical (unpaired) electrons. The molecule has 1 atom stereocenters. The lowest BCUT2D eigenvalue weighted by atomic mass is 10.2. The van der Waals surface area contributed by atoms with Gasteiger partial charge in [-0.25, -0.2) is 9.37 Å². The van der Waals surface area contributed by atoms with Gasteiger partial charge in [-0.05, 0) is 12.1 Å². The summed E-state index contributed by atoms with van der Waals surface area (Å²) in [6, 6.07) is 3.82. The Morgan fingerprint density at radius 3 is 2.88 bits per heavy atom. The molecule has 1 aromatic heterocycles. The van der Waals surface area contributed by atoms with Crippen molar-refractivity contribution in [2.75, 3.05) is 0 Å². The van der Waals surface area contributed by atoms with E-state index in [9.17, 15) is 8.60 Å². The van der Waals surface area contributed by atoms with Crippen LogP contribution in [0.5, 0.6) is 5.75 Å². The molecule has 1 heterocycles. The van der Waals surface area contributed by atoms with Crippen LogP contribution in [-0.2, 0) is 11.4 Å². The number of H-pyrrole nitrogens is 1. The minimum atomic E-state index is -2.46. The Bertz CT molecular complexity index is 515. The van der Waals surface area contributed by atoms with E-state index in [-0.39, 0.29) is 11.3 Å². The van der Waals surface area contributed by atoms with E-state index in [0.717, 1.165) is 6.07 Å². The highest BCUT2D eigenvalue weighted by atomic mass is 32.2. The zero-order valence-electron chi connectivity index (χ0n) is 7.88. The van der Waals surface area contributed by atoms with Crippen molar-refractivity contribution >= 4 is 11.4 Å². The number of aromatic amines is 1. The van der Waals surface area contributed by atoms with Crippen molar-refractivity contribution in [1.29, 1.82) is 0 Å². The van der Waals surface area contributed by atoms with E-state index in [1.54, 1.807) is 6.20 Å². The molecule has 0 aliphatic heterocycles. The number of nitrogens with one attached hydrogen (secondary N) is 1. The molecule has 84 valence electrons. The van der Waals surface area contributed by atoms with Gasteiger partial charge < -0.3 is 9.17 Å². The van der Waals surface area contributed by atoms with Gasteiger partial charge in [0.1, 0.15) is 17.4 Å². The minimum absolute atomic E-state index is 0.0198. The van der Waals surface area contributed by atoms with Gasteiger partial charge in [0.2, 0.25) is 0 Å². The van der Waals surface area contributed by atoms with E-state index in [2.05, 4.69) is 14.2 Å². The van der Waals surface area contributed by atoms with Gasteiger partial charge in [0, 0.05) is 18.5 Å². The van der Waals surface area contributed by atoms with E-state index in [4.69, 9.17) is 4.55 Å². The van der Waals surface area contributed by atoms with E-state index in [0.29, 0.717) is 5.82 Å². The fraction of sp³-hybridized carbons (Fsp3) is 0. The summed E-state index contributed by atoms with van der Waals surface area (Å²) in [7, 11) is 0. The monoisotopic (exact) mass is 242 g/mol. The van der Waals surface area contributed by atoms with Gasteiger partial charge in [-0.15, -0.1) is 0 Å². The van der Waals surface area contributed by atoms with E-state index in [1.165, 1.54) is 18.3 Å². The van der Waals surface area contributed by atoms with Crippen LogP contribution in [-0.4, -0.2) is 18.7 Å². The Kier molecular flexibility index (Phi) is 2.97. The predicted octanol–water partition coefficient (Wildman–Crippen LogP) is 1.73. The van der Waals surface area contributed by atoms with Crippen LogP contribution >= 0.6 is 0 Å². The molecule has 0 bridgehead atoms. The second-order valence-electron chi connectivity index (χ2n) is 2.88. The van der Waals surface area contributed by atoms with Gasteiger partial charge in [-0.1, -0.05) is 0 Å². The first-order valence-corrected chi connectivity index (χ1v) is 5.28. The number of hydrogen-bond acceptors (Lipinski definition) is 3. The lowest BCUT2D eigenvalue weighted by molar-refractivity contribution is 0.456. The Morgan fingerprint density at radius 1 is 1.50 bits per heavy atom. The van der Waals surface area contributed by atoms with Crippen LogP contribution in [0.2, 0.25) is 0 Å². The standard InChI is InChI=1S/C9H7FN2O3S/c10-8-5-6(15-16(13)14)1-2-7(8)9-11-3-4-12-9/h1-5H,(H,11,12)(H,13,14). The summed E-state index contributed by atoms with van der Waals surface area (Å²) < 4.78 is 36.8. The van der Waals surface area contributed by atoms with Crippen molar-refractivity contribution in [3.63, 3.8) is 0 Å². The van der Waals surface area contributed by atoms with Crippen molar-refractivity contribution in [3.05, 3.63) is 36.4 Å². The summed E-state index contributed by atoms with van der Waals surface area (Å²) in [5, 5.41) is 0. The fourth-order valence-corrected chi connectivity index (χ4v) is 1.50. The van der Waals surface area contributed by atoms with Gasteiger partial charge in [0.15, 0.2) is 0 Å². The van der Waals surface area contributed by atoms with Crippen molar-refractivity contribution in [1.82, 2.24) is 9.97 Å². The topological polar surface area (TPSA) is 75.2 Å². The SMILES string of the molecule is O=S(O)Oc1ccc(-c2ncc[nH]2)c(F)c1. The summed E-state index contributed by atoms with van der Waals surface area (Å²) in [5.41, 5.74) is 0.265. The highest BCUT2D eigenvalue weighted by Crippen LogP contribution is 2.23. The molecule has 0 fully saturated rings. The zero-order chi connectivity index (χ0) is 11.5. The first-order chi connectivity index (χ1) is 7.66. The molecule has 0 saturated heterocycles. The average Bonchev–Trinajstić information content (AvgIpc) is 2.69. The number of benzene rings is 1. The number of hydrogen-bond donors (Lipinski definition) is 2. The summed E-state index contributed by atoms with van der Waals surface area (Å²) in [6.45, 7) is 0. The summed E-state index contributed by atoms with van der Waals surface area (Å²) >= 11 is -2.46. The summed E-state index contributed by atoms with van der Waals surface area (Å²) in [5.74, 6) is -0.222. The molecule has 0 aliphatic carbocycles. The molecule has 7 heteroatoms. The average molecular weight is 242 g/mol. The maximum Gasteiger partial charge on any atom is 0.357 e. The van der Waals surface area contributed by atoms with Crippen molar-refractivity contribution in [2.24, 2.45) is 0 Å². The molecule has 0 aliphatic rings. The molecular weight excluding hydrogens is 235 g/mol. The van der Waals surface area contributed by atoms with Crippen LogP contribution in [0, 0.1) is 5.82 Å². The van der Waals surface area contributed by atoms with E-state index >= 15 is 0 Å². The molecule has 0 amide bonds. The van der Waals surface area contributed by atoms with E-state index in [1.807, 2.05) is 0 Å². The van der Waals surface area contributed by atoms with Crippen LogP contribution in [0.1, 0.15) is 0 Å². The van der Waals surface area contributed by atoms with Crippen molar-refractivity contribution in [3.8, 4) is 17.1 Å². The maximum atomic E-state index is 13.5. The fourth-order valence-electron chi connectivity index (χ4n) is 1.23. The molecule has 5 nitrogen and oxygen atoms in total. The molecule has 2 N–H and O–H groups in total. The first kappa shape index (κ1) is 10.8. The number of aromatic nitrogens is 2. The first-order valence-electron chi connectivity index (χ1n) is 4.25.